The average Bonchev–Trinajstić information content (AvgIpc) is 3.16. The number of nitrogens with zero attached hydrogens (tertiary/aromatic N) is 1. The van der Waals surface area contributed by atoms with Crippen LogP contribution in [0.3, 0.4) is 0 Å². The Balaban J connectivity index is 1.65. The Kier molecular flexibility index (Phi) is 5.79. The number of hydrogen-bond donors (Lipinski definition) is 1. The molecule has 1 aliphatic rings. The first-order valence-corrected chi connectivity index (χ1v) is 9.99. The lowest BCUT2D eigenvalue weighted by molar-refractivity contribution is 0.0508. The molecule has 0 radical (unpaired) electrons. The highest BCUT2D eigenvalue weighted by Gasteiger charge is 2.34. The van der Waals surface area contributed by atoms with Crippen molar-refractivity contribution >= 4 is 15.9 Å². The van der Waals surface area contributed by atoms with E-state index < -0.39 is 15.9 Å². The zero-order valence-corrected chi connectivity index (χ0v) is 15.8. The minimum absolute atomic E-state index is 0.0000937. The van der Waals surface area contributed by atoms with E-state index in [1.54, 1.807) is 19.2 Å². The average molecular weight is 390 g/mol. The molecule has 0 unspecified atom stereocenters. The fourth-order valence-electron chi connectivity index (χ4n) is 3.02. The minimum Gasteiger partial charge on any atom is -0.497 e. The van der Waals surface area contributed by atoms with Crippen molar-refractivity contribution in [1.29, 1.82) is 0 Å². The molecule has 3 rings (SSSR count). The number of hydrogen-bond acceptors (Lipinski definition) is 5. The molecule has 1 aliphatic heterocycles. The van der Waals surface area contributed by atoms with E-state index in [0.29, 0.717) is 19.6 Å². The number of sulfonamides is 1. The molecule has 1 saturated heterocycles. The van der Waals surface area contributed by atoms with Crippen molar-refractivity contribution in [1.82, 2.24) is 4.31 Å². The van der Waals surface area contributed by atoms with E-state index in [4.69, 9.17) is 15.2 Å². The van der Waals surface area contributed by atoms with Gasteiger partial charge in [-0.1, -0.05) is 24.3 Å². The maximum absolute atomic E-state index is 12.9. The van der Waals surface area contributed by atoms with E-state index in [2.05, 4.69) is 0 Å². The zero-order chi connectivity index (χ0) is 19.4. The van der Waals surface area contributed by atoms with E-state index in [0.717, 1.165) is 11.3 Å². The van der Waals surface area contributed by atoms with Crippen LogP contribution in [0.2, 0.25) is 0 Å². The standard InChI is InChI=1S/C19H22N2O5S/c1-25-15-8-6-14(7-9-15)13-26-16-10-11-21(12-16)27(23,24)18-5-3-2-4-17(18)19(20)22/h2-9,16H,10-13H2,1H3,(H2,20,22)/t16-/m0/s1. The van der Waals surface area contributed by atoms with Crippen molar-refractivity contribution in [2.75, 3.05) is 20.2 Å². The minimum atomic E-state index is -3.80. The van der Waals surface area contributed by atoms with Gasteiger partial charge in [-0.15, -0.1) is 0 Å². The number of methoxy groups -OCH3 is 1. The molecule has 1 atom stereocenters. The fourth-order valence-corrected chi connectivity index (χ4v) is 4.71. The van der Waals surface area contributed by atoms with E-state index in [1.165, 1.54) is 16.4 Å². The summed E-state index contributed by atoms with van der Waals surface area (Å²) in [7, 11) is -2.20. The van der Waals surface area contributed by atoms with Crippen LogP contribution in [0.4, 0.5) is 0 Å². The largest absolute Gasteiger partial charge is 0.497 e. The second-order valence-corrected chi connectivity index (χ2v) is 8.20. The lowest BCUT2D eigenvalue weighted by atomic mass is 10.2. The number of carbonyl (C=O) groups excluding carboxylic acids is 1. The predicted molar refractivity (Wildman–Crippen MR) is 99.9 cm³/mol. The quantitative estimate of drug-likeness (QED) is 0.777. The van der Waals surface area contributed by atoms with Crippen molar-refractivity contribution in [2.24, 2.45) is 5.73 Å². The molecule has 0 saturated carbocycles. The summed E-state index contributed by atoms with van der Waals surface area (Å²) in [5.74, 6) is 0.00526. The van der Waals surface area contributed by atoms with Gasteiger partial charge in [0.2, 0.25) is 15.9 Å². The van der Waals surface area contributed by atoms with Crippen molar-refractivity contribution in [3.8, 4) is 5.75 Å². The molecule has 0 spiro atoms. The van der Waals surface area contributed by atoms with Crippen LogP contribution in [0.15, 0.2) is 53.4 Å². The number of benzene rings is 2. The molecule has 2 aromatic rings. The van der Waals surface area contributed by atoms with Gasteiger partial charge in [0.05, 0.1) is 30.3 Å². The van der Waals surface area contributed by atoms with E-state index >= 15 is 0 Å². The highest BCUT2D eigenvalue weighted by molar-refractivity contribution is 7.89. The molecule has 8 heteroatoms. The van der Waals surface area contributed by atoms with E-state index in [9.17, 15) is 13.2 Å². The number of carbonyl (C=O) groups is 1. The smallest absolute Gasteiger partial charge is 0.250 e. The summed E-state index contributed by atoms with van der Waals surface area (Å²) in [6.07, 6.45) is 0.385. The lowest BCUT2D eigenvalue weighted by Crippen LogP contribution is -2.32. The van der Waals surface area contributed by atoms with E-state index in [1.807, 2.05) is 24.3 Å². The Labute approximate surface area is 158 Å². The summed E-state index contributed by atoms with van der Waals surface area (Å²) in [5, 5.41) is 0. The first-order chi connectivity index (χ1) is 12.9. The first-order valence-electron chi connectivity index (χ1n) is 8.55. The summed E-state index contributed by atoms with van der Waals surface area (Å²) in [6, 6.07) is 13.5. The molecule has 27 heavy (non-hydrogen) atoms. The molecule has 7 nitrogen and oxygen atoms in total. The van der Waals surface area contributed by atoms with Crippen molar-refractivity contribution in [3.63, 3.8) is 0 Å². The van der Waals surface area contributed by atoms with Gasteiger partial charge in [-0.2, -0.15) is 4.31 Å². The monoisotopic (exact) mass is 390 g/mol. The van der Waals surface area contributed by atoms with Crippen LogP contribution in [0.5, 0.6) is 5.75 Å². The van der Waals surface area contributed by atoms with Crippen molar-refractivity contribution < 1.29 is 22.7 Å². The van der Waals surface area contributed by atoms with Gasteiger partial charge in [-0.3, -0.25) is 4.79 Å². The Morgan fingerprint density at radius 1 is 1.19 bits per heavy atom. The van der Waals surface area contributed by atoms with Crippen LogP contribution in [-0.4, -0.2) is 44.9 Å². The normalized spacial score (nSPS) is 17.7. The Bertz CT molecular complexity index is 912. The molecule has 0 aliphatic carbocycles. The molecule has 1 heterocycles. The van der Waals surface area contributed by atoms with Crippen LogP contribution in [0, 0.1) is 0 Å². The second kappa shape index (κ2) is 8.08. The van der Waals surface area contributed by atoms with Gasteiger partial charge in [0.1, 0.15) is 5.75 Å². The van der Waals surface area contributed by atoms with Gasteiger partial charge in [-0.25, -0.2) is 8.42 Å². The SMILES string of the molecule is COc1ccc(CO[C@H]2CCN(S(=O)(=O)c3ccccc3C(N)=O)C2)cc1. The van der Waals surface area contributed by atoms with Gasteiger partial charge in [0.15, 0.2) is 0 Å². The van der Waals surface area contributed by atoms with Crippen LogP contribution < -0.4 is 10.5 Å². The van der Waals surface area contributed by atoms with Gasteiger partial charge in [0, 0.05) is 13.1 Å². The molecule has 1 fully saturated rings. The Hall–Kier alpha value is -2.42. The third-order valence-corrected chi connectivity index (χ3v) is 6.45. The van der Waals surface area contributed by atoms with E-state index in [-0.39, 0.29) is 23.1 Å². The Morgan fingerprint density at radius 2 is 1.89 bits per heavy atom. The van der Waals surface area contributed by atoms with Crippen LogP contribution in [0.1, 0.15) is 22.3 Å². The zero-order valence-electron chi connectivity index (χ0n) is 15.0. The summed E-state index contributed by atoms with van der Waals surface area (Å²) in [6.45, 7) is 0.967. The van der Waals surface area contributed by atoms with Crippen LogP contribution in [-0.2, 0) is 21.4 Å². The van der Waals surface area contributed by atoms with Crippen molar-refractivity contribution in [2.45, 2.75) is 24.0 Å². The van der Waals surface area contributed by atoms with Gasteiger partial charge in [0.25, 0.3) is 0 Å². The fraction of sp³-hybridized carbons (Fsp3) is 0.316. The Morgan fingerprint density at radius 3 is 2.56 bits per heavy atom. The number of primary amides is 1. The number of amides is 1. The number of nitrogens with two attached hydrogens (primary N) is 1. The molecule has 0 bridgehead atoms. The maximum atomic E-state index is 12.9. The maximum Gasteiger partial charge on any atom is 0.250 e. The first kappa shape index (κ1) is 19.3. The second-order valence-electron chi connectivity index (χ2n) is 6.29. The molecule has 2 aromatic carbocycles. The van der Waals surface area contributed by atoms with Crippen LogP contribution >= 0.6 is 0 Å². The van der Waals surface area contributed by atoms with Crippen LogP contribution in [0.25, 0.3) is 0 Å². The number of rotatable bonds is 7. The molecule has 0 aromatic heterocycles. The van der Waals surface area contributed by atoms with Crippen molar-refractivity contribution in [3.05, 3.63) is 59.7 Å². The summed E-state index contributed by atoms with van der Waals surface area (Å²) < 4.78 is 38.1. The molecule has 2 N–H and O–H groups in total. The predicted octanol–water partition coefficient (Wildman–Crippen LogP) is 1.77. The van der Waals surface area contributed by atoms with Gasteiger partial charge < -0.3 is 15.2 Å². The molecule has 1 amide bonds. The summed E-state index contributed by atoms with van der Waals surface area (Å²) in [5.41, 5.74) is 6.30. The highest BCUT2D eigenvalue weighted by atomic mass is 32.2. The lowest BCUT2D eigenvalue weighted by Gasteiger charge is -2.18. The topological polar surface area (TPSA) is 98.9 Å². The molecule has 144 valence electrons. The third-order valence-electron chi connectivity index (χ3n) is 4.52. The van der Waals surface area contributed by atoms with Gasteiger partial charge >= 0.3 is 0 Å². The third kappa shape index (κ3) is 4.29. The van der Waals surface area contributed by atoms with Gasteiger partial charge in [-0.05, 0) is 36.2 Å². The molecular weight excluding hydrogens is 368 g/mol. The molecular formula is C19H22N2O5S. The summed E-state index contributed by atoms with van der Waals surface area (Å²) >= 11 is 0. The summed E-state index contributed by atoms with van der Waals surface area (Å²) in [4.78, 5) is 11.5. The number of ether oxygens (including phenoxy) is 2. The highest BCUT2D eigenvalue weighted by Crippen LogP contribution is 2.25.